The van der Waals surface area contributed by atoms with Crippen LogP contribution < -0.4 is 5.73 Å². The molecule has 4 heteroatoms. The van der Waals surface area contributed by atoms with E-state index in [0.717, 1.165) is 10.0 Å². The highest BCUT2D eigenvalue weighted by Gasteiger charge is 2.15. The van der Waals surface area contributed by atoms with Crippen molar-refractivity contribution in [2.24, 2.45) is 5.73 Å². The lowest BCUT2D eigenvalue weighted by Crippen LogP contribution is -2.12. The van der Waals surface area contributed by atoms with Crippen molar-refractivity contribution in [2.45, 2.75) is 25.9 Å². The van der Waals surface area contributed by atoms with E-state index >= 15 is 0 Å². The van der Waals surface area contributed by atoms with E-state index in [9.17, 15) is 10.2 Å². The van der Waals surface area contributed by atoms with Crippen molar-refractivity contribution >= 4 is 15.9 Å². The first kappa shape index (κ1) is 12.5. The van der Waals surface area contributed by atoms with Gasteiger partial charge in [-0.3, -0.25) is 0 Å². The van der Waals surface area contributed by atoms with Gasteiger partial charge in [0.1, 0.15) is 5.75 Å². The highest BCUT2D eigenvalue weighted by Crippen LogP contribution is 2.33. The first-order chi connectivity index (χ1) is 6.97. The Kier molecular flexibility index (Phi) is 4.13. The molecule has 0 aliphatic carbocycles. The van der Waals surface area contributed by atoms with Crippen molar-refractivity contribution in [3.63, 3.8) is 0 Å². The van der Waals surface area contributed by atoms with E-state index in [1.807, 2.05) is 13.8 Å². The van der Waals surface area contributed by atoms with Crippen LogP contribution in [-0.2, 0) is 0 Å². The van der Waals surface area contributed by atoms with Crippen LogP contribution in [0.25, 0.3) is 0 Å². The Labute approximate surface area is 98.1 Å². The Morgan fingerprint density at radius 3 is 2.40 bits per heavy atom. The maximum atomic E-state index is 9.73. The third kappa shape index (κ3) is 2.71. The molecule has 84 valence electrons. The minimum atomic E-state index is -0.817. The van der Waals surface area contributed by atoms with Gasteiger partial charge in [0.2, 0.25) is 0 Å². The number of aromatic hydroxyl groups is 1. The number of aliphatic hydroxyl groups is 1. The number of aliphatic hydroxyl groups excluding tert-OH is 1. The van der Waals surface area contributed by atoms with Gasteiger partial charge in [-0.15, -0.1) is 0 Å². The van der Waals surface area contributed by atoms with Crippen LogP contribution in [0.3, 0.4) is 0 Å². The van der Waals surface area contributed by atoms with Crippen LogP contribution in [0.15, 0.2) is 16.6 Å². The monoisotopic (exact) mass is 273 g/mol. The molecule has 0 aromatic heterocycles. The molecule has 15 heavy (non-hydrogen) atoms. The van der Waals surface area contributed by atoms with E-state index < -0.39 is 6.10 Å². The number of hydrogen-bond acceptors (Lipinski definition) is 3. The number of phenols is 1. The average Bonchev–Trinajstić information content (AvgIpc) is 2.19. The number of hydrogen-bond donors (Lipinski definition) is 3. The average molecular weight is 274 g/mol. The van der Waals surface area contributed by atoms with E-state index in [-0.39, 0.29) is 12.3 Å². The summed E-state index contributed by atoms with van der Waals surface area (Å²) < 4.78 is 0.887. The Morgan fingerprint density at radius 2 is 1.93 bits per heavy atom. The highest BCUT2D eigenvalue weighted by molar-refractivity contribution is 9.10. The molecule has 0 spiro atoms. The molecule has 3 nitrogen and oxygen atoms in total. The summed E-state index contributed by atoms with van der Waals surface area (Å²) >= 11 is 3.42. The second kappa shape index (κ2) is 4.96. The summed E-state index contributed by atoms with van der Waals surface area (Å²) in [5.41, 5.74) is 6.83. The molecule has 1 rings (SSSR count). The molecule has 0 heterocycles. The number of phenolic OH excluding ortho intramolecular Hbond substituents is 1. The van der Waals surface area contributed by atoms with E-state index in [0.29, 0.717) is 11.5 Å². The largest absolute Gasteiger partial charge is 0.508 e. The molecule has 0 amide bonds. The van der Waals surface area contributed by atoms with E-state index in [1.54, 1.807) is 12.1 Å². The quantitative estimate of drug-likeness (QED) is 0.792. The summed E-state index contributed by atoms with van der Waals surface area (Å²) in [6.45, 7) is 4.18. The van der Waals surface area contributed by atoms with Crippen molar-refractivity contribution in [1.29, 1.82) is 0 Å². The fraction of sp³-hybridized carbons (Fsp3) is 0.455. The zero-order valence-corrected chi connectivity index (χ0v) is 10.5. The van der Waals surface area contributed by atoms with Crippen LogP contribution in [0, 0.1) is 0 Å². The van der Waals surface area contributed by atoms with Gasteiger partial charge in [-0.2, -0.15) is 0 Å². The molecule has 0 saturated heterocycles. The summed E-state index contributed by atoms with van der Waals surface area (Å²) in [5.74, 6) is 0.411. The second-order valence-electron chi connectivity index (χ2n) is 3.84. The molecule has 0 aliphatic rings. The molecular formula is C11H16BrNO2. The standard InChI is InChI=1S/C11H16BrNO2/c1-6(2)7-4-10(14)8(3-9(7)12)11(15)5-13/h3-4,6,11,14-15H,5,13H2,1-2H3. The maximum absolute atomic E-state index is 9.73. The van der Waals surface area contributed by atoms with Crippen LogP contribution in [0.5, 0.6) is 5.75 Å². The van der Waals surface area contributed by atoms with Crippen molar-refractivity contribution in [2.75, 3.05) is 6.54 Å². The van der Waals surface area contributed by atoms with Crippen molar-refractivity contribution in [3.05, 3.63) is 27.7 Å². The van der Waals surface area contributed by atoms with Gasteiger partial charge in [0.25, 0.3) is 0 Å². The topological polar surface area (TPSA) is 66.5 Å². The van der Waals surface area contributed by atoms with Crippen LogP contribution >= 0.6 is 15.9 Å². The zero-order chi connectivity index (χ0) is 11.6. The molecule has 0 radical (unpaired) electrons. The summed E-state index contributed by atoms with van der Waals surface area (Å²) in [5, 5.41) is 19.3. The number of benzene rings is 1. The molecule has 1 unspecified atom stereocenters. The molecule has 1 aromatic carbocycles. The second-order valence-corrected chi connectivity index (χ2v) is 4.69. The van der Waals surface area contributed by atoms with Crippen molar-refractivity contribution in [3.8, 4) is 5.75 Å². The smallest absolute Gasteiger partial charge is 0.121 e. The lowest BCUT2D eigenvalue weighted by Gasteiger charge is -2.15. The van der Waals surface area contributed by atoms with Crippen LogP contribution in [0.4, 0.5) is 0 Å². The van der Waals surface area contributed by atoms with Gasteiger partial charge in [0, 0.05) is 16.6 Å². The first-order valence-electron chi connectivity index (χ1n) is 4.87. The van der Waals surface area contributed by atoms with Gasteiger partial charge >= 0.3 is 0 Å². The van der Waals surface area contributed by atoms with Gasteiger partial charge in [-0.05, 0) is 23.6 Å². The predicted molar refractivity (Wildman–Crippen MR) is 63.9 cm³/mol. The third-order valence-corrected chi connectivity index (χ3v) is 3.04. The van der Waals surface area contributed by atoms with Gasteiger partial charge in [-0.1, -0.05) is 29.8 Å². The first-order valence-corrected chi connectivity index (χ1v) is 5.67. The molecule has 0 bridgehead atoms. The normalized spacial score (nSPS) is 13.2. The third-order valence-electron chi connectivity index (χ3n) is 2.35. The Hall–Kier alpha value is -0.580. The summed E-state index contributed by atoms with van der Waals surface area (Å²) in [7, 11) is 0. The molecule has 4 N–H and O–H groups in total. The van der Waals surface area contributed by atoms with Crippen LogP contribution in [0.1, 0.15) is 37.0 Å². The van der Waals surface area contributed by atoms with E-state index in [4.69, 9.17) is 5.73 Å². The SMILES string of the molecule is CC(C)c1cc(O)c(C(O)CN)cc1Br. The summed E-state index contributed by atoms with van der Waals surface area (Å²) in [6.07, 6.45) is -0.817. The lowest BCUT2D eigenvalue weighted by atomic mass is 9.99. The molecule has 1 atom stereocenters. The molecule has 0 fully saturated rings. The predicted octanol–water partition coefficient (Wildman–Crippen LogP) is 2.27. The molecular weight excluding hydrogens is 258 g/mol. The zero-order valence-electron chi connectivity index (χ0n) is 8.87. The summed E-state index contributed by atoms with van der Waals surface area (Å²) in [4.78, 5) is 0. The number of nitrogens with two attached hydrogens (primary N) is 1. The molecule has 0 saturated carbocycles. The lowest BCUT2D eigenvalue weighted by molar-refractivity contribution is 0.182. The van der Waals surface area contributed by atoms with Gasteiger partial charge in [0.15, 0.2) is 0 Å². The van der Waals surface area contributed by atoms with Gasteiger partial charge in [0.05, 0.1) is 6.10 Å². The Bertz CT molecular complexity index is 353. The fourth-order valence-corrected chi connectivity index (χ4v) is 2.25. The van der Waals surface area contributed by atoms with Crippen LogP contribution in [-0.4, -0.2) is 16.8 Å². The molecule has 1 aromatic rings. The Balaban J connectivity index is 3.19. The van der Waals surface area contributed by atoms with E-state index in [1.165, 1.54) is 0 Å². The van der Waals surface area contributed by atoms with Gasteiger partial charge < -0.3 is 15.9 Å². The Morgan fingerprint density at radius 1 is 1.33 bits per heavy atom. The van der Waals surface area contributed by atoms with Gasteiger partial charge in [-0.25, -0.2) is 0 Å². The number of halogens is 1. The molecule has 0 aliphatic heterocycles. The van der Waals surface area contributed by atoms with Crippen molar-refractivity contribution < 1.29 is 10.2 Å². The maximum Gasteiger partial charge on any atom is 0.121 e. The summed E-state index contributed by atoms with van der Waals surface area (Å²) in [6, 6.07) is 3.39. The number of rotatable bonds is 3. The van der Waals surface area contributed by atoms with Crippen LogP contribution in [0.2, 0.25) is 0 Å². The van der Waals surface area contributed by atoms with Crippen molar-refractivity contribution in [1.82, 2.24) is 0 Å². The van der Waals surface area contributed by atoms with E-state index in [2.05, 4.69) is 15.9 Å². The highest BCUT2D eigenvalue weighted by atomic mass is 79.9. The fourth-order valence-electron chi connectivity index (χ4n) is 1.43. The minimum absolute atomic E-state index is 0.0971. The minimum Gasteiger partial charge on any atom is -0.508 e.